The lowest BCUT2D eigenvalue weighted by atomic mass is 9.32. The van der Waals surface area contributed by atoms with E-state index in [2.05, 4.69) is 35.8 Å². The minimum absolute atomic E-state index is 0.116. The molecular weight excluding hydrogens is 428 g/mol. The molecule has 2 amide bonds. The Labute approximate surface area is 191 Å². The smallest absolute Gasteiger partial charge is 0.303 e. The van der Waals surface area contributed by atoms with Crippen LogP contribution in [0.25, 0.3) is 0 Å². The number of carbonyl (C=O) groups excluding carboxylic acids is 2. The first-order valence-electron chi connectivity index (χ1n) is 12.0. The summed E-state index contributed by atoms with van der Waals surface area (Å²) in [5.41, 5.74) is -0.476. The normalized spacial score (nSPS) is 39.3. The van der Waals surface area contributed by atoms with Gasteiger partial charge in [-0.05, 0) is 61.2 Å². The highest BCUT2D eigenvalue weighted by atomic mass is 32.2. The molecule has 3 N–H and O–H groups in total. The number of hydrogen-bond donors (Lipinski definition) is 3. The predicted octanol–water partition coefficient (Wildman–Crippen LogP) is 1.45. The Bertz CT molecular complexity index is 953. The van der Waals surface area contributed by atoms with Crippen LogP contribution in [0.4, 0.5) is 0 Å². The maximum absolute atomic E-state index is 13.2. The molecule has 2 spiro atoms. The van der Waals surface area contributed by atoms with Crippen molar-refractivity contribution in [1.29, 1.82) is 0 Å². The van der Waals surface area contributed by atoms with Gasteiger partial charge in [-0.2, -0.15) is 12.7 Å². The van der Waals surface area contributed by atoms with Crippen molar-refractivity contribution in [2.75, 3.05) is 19.6 Å². The number of carbonyl (C=O) groups is 2. The molecule has 2 saturated heterocycles. The molecule has 9 heteroatoms. The summed E-state index contributed by atoms with van der Waals surface area (Å²) in [7, 11) is -3.89. The minimum Gasteiger partial charge on any atom is -0.340 e. The summed E-state index contributed by atoms with van der Waals surface area (Å²) >= 11 is 0. The van der Waals surface area contributed by atoms with Crippen LogP contribution in [0.3, 0.4) is 0 Å². The molecule has 5 aliphatic rings. The van der Waals surface area contributed by atoms with Gasteiger partial charge in [-0.1, -0.05) is 26.3 Å². The van der Waals surface area contributed by atoms with Crippen molar-refractivity contribution >= 4 is 22.0 Å². The quantitative estimate of drug-likeness (QED) is 0.516. The summed E-state index contributed by atoms with van der Waals surface area (Å²) in [5.74, 6) is -1.15. The highest BCUT2D eigenvalue weighted by Gasteiger charge is 2.71. The molecule has 4 atom stereocenters. The standard InChI is InChI=1S/C23H36N4O4S/c1-4-16-12-23(16,19(29)26-32(30,31)27-10-5-6-11-27)25-18(28)17-13-22(15-24-17)14-21(8-7-9-21)20(22,2)3/h4,16-17,24H,1,5-15H2,2-3H3,(H,25,28)(H,26,29)/t16-,17+,22-,23-/m1/s1. The molecule has 32 heavy (non-hydrogen) atoms. The molecule has 3 saturated carbocycles. The second kappa shape index (κ2) is 7.03. The average molecular weight is 465 g/mol. The van der Waals surface area contributed by atoms with E-state index in [1.54, 1.807) is 6.08 Å². The second-order valence-corrected chi connectivity index (χ2v) is 13.1. The minimum atomic E-state index is -3.89. The highest BCUT2D eigenvalue weighted by molar-refractivity contribution is 7.87. The maximum Gasteiger partial charge on any atom is 0.303 e. The zero-order valence-corrected chi connectivity index (χ0v) is 20.0. The summed E-state index contributed by atoms with van der Waals surface area (Å²) < 4.78 is 28.7. The van der Waals surface area contributed by atoms with Crippen molar-refractivity contribution in [3.63, 3.8) is 0 Å². The van der Waals surface area contributed by atoms with E-state index in [1.165, 1.54) is 30.0 Å². The molecule has 5 rings (SSSR count). The van der Waals surface area contributed by atoms with Gasteiger partial charge in [-0.25, -0.2) is 4.72 Å². The van der Waals surface area contributed by atoms with Gasteiger partial charge in [0, 0.05) is 25.6 Å². The Kier molecular flexibility index (Phi) is 4.91. The molecule has 2 aliphatic heterocycles. The lowest BCUT2D eigenvalue weighted by molar-refractivity contribution is -0.229. The van der Waals surface area contributed by atoms with Crippen LogP contribution in [-0.2, 0) is 19.8 Å². The van der Waals surface area contributed by atoms with Crippen molar-refractivity contribution in [3.8, 4) is 0 Å². The van der Waals surface area contributed by atoms with Crippen molar-refractivity contribution in [3.05, 3.63) is 12.7 Å². The van der Waals surface area contributed by atoms with Gasteiger partial charge in [0.1, 0.15) is 5.54 Å². The van der Waals surface area contributed by atoms with Crippen LogP contribution in [0.5, 0.6) is 0 Å². The molecule has 5 fully saturated rings. The number of nitrogens with zero attached hydrogens (tertiary/aromatic N) is 1. The average Bonchev–Trinajstić information content (AvgIpc) is 3.08. The van der Waals surface area contributed by atoms with Gasteiger partial charge in [-0.3, -0.25) is 9.59 Å². The van der Waals surface area contributed by atoms with Crippen LogP contribution in [-0.4, -0.2) is 55.8 Å². The molecule has 0 bridgehead atoms. The van der Waals surface area contributed by atoms with Crippen LogP contribution in [0.15, 0.2) is 12.7 Å². The van der Waals surface area contributed by atoms with Crippen LogP contribution >= 0.6 is 0 Å². The molecule has 0 radical (unpaired) electrons. The van der Waals surface area contributed by atoms with E-state index >= 15 is 0 Å². The summed E-state index contributed by atoms with van der Waals surface area (Å²) in [4.78, 5) is 26.3. The lowest BCUT2D eigenvalue weighted by Crippen LogP contribution is -2.66. The molecule has 0 unspecified atom stereocenters. The first-order valence-corrected chi connectivity index (χ1v) is 13.5. The van der Waals surface area contributed by atoms with E-state index in [0.29, 0.717) is 24.9 Å². The molecule has 2 heterocycles. The van der Waals surface area contributed by atoms with Gasteiger partial charge < -0.3 is 10.6 Å². The van der Waals surface area contributed by atoms with Crippen LogP contribution in [0, 0.1) is 22.2 Å². The number of hydrogen-bond acceptors (Lipinski definition) is 5. The summed E-state index contributed by atoms with van der Waals surface area (Å²) in [6.45, 7) is 10.1. The summed E-state index contributed by atoms with van der Waals surface area (Å²) in [6, 6.07) is -0.363. The molecule has 0 aromatic rings. The van der Waals surface area contributed by atoms with Gasteiger partial charge >= 0.3 is 10.2 Å². The van der Waals surface area contributed by atoms with E-state index in [9.17, 15) is 18.0 Å². The number of nitrogens with one attached hydrogen (secondary N) is 3. The molecule has 3 aliphatic carbocycles. The van der Waals surface area contributed by atoms with Gasteiger partial charge in [-0.15, -0.1) is 6.58 Å². The maximum atomic E-state index is 13.2. The Hall–Kier alpha value is -1.45. The lowest BCUT2D eigenvalue weighted by Gasteiger charge is -2.72. The molecular formula is C23H36N4O4S. The SMILES string of the molecule is C=C[C@@H]1C[C@]1(NC(=O)[C@@H]1C[C@]2(CN1)CC1(CCC1)C2(C)C)C(=O)NS(=O)(=O)N1CCCC1. The predicted molar refractivity (Wildman–Crippen MR) is 121 cm³/mol. The summed E-state index contributed by atoms with van der Waals surface area (Å²) in [5, 5.41) is 6.33. The Morgan fingerprint density at radius 1 is 1.09 bits per heavy atom. The van der Waals surface area contributed by atoms with E-state index in [4.69, 9.17) is 0 Å². The molecule has 8 nitrogen and oxygen atoms in total. The van der Waals surface area contributed by atoms with Gasteiger partial charge in [0.2, 0.25) is 5.91 Å². The fourth-order valence-corrected chi connectivity index (χ4v) is 8.43. The third-order valence-corrected chi connectivity index (χ3v) is 11.4. The van der Waals surface area contributed by atoms with Crippen molar-refractivity contribution in [2.45, 2.75) is 76.8 Å². The number of amides is 2. The van der Waals surface area contributed by atoms with E-state index in [-0.39, 0.29) is 28.7 Å². The van der Waals surface area contributed by atoms with E-state index in [0.717, 1.165) is 25.8 Å². The zero-order valence-electron chi connectivity index (χ0n) is 19.2. The first-order chi connectivity index (χ1) is 15.0. The van der Waals surface area contributed by atoms with Crippen LogP contribution in [0.1, 0.15) is 65.2 Å². The first kappa shape index (κ1) is 22.3. The van der Waals surface area contributed by atoms with Gasteiger partial charge in [0.05, 0.1) is 6.04 Å². The fraction of sp³-hybridized carbons (Fsp3) is 0.826. The largest absolute Gasteiger partial charge is 0.340 e. The van der Waals surface area contributed by atoms with Crippen molar-refractivity contribution < 1.29 is 18.0 Å². The van der Waals surface area contributed by atoms with E-state index < -0.39 is 21.7 Å². The van der Waals surface area contributed by atoms with Crippen LogP contribution < -0.4 is 15.4 Å². The third-order valence-electron chi connectivity index (χ3n) is 9.91. The Morgan fingerprint density at radius 2 is 1.78 bits per heavy atom. The van der Waals surface area contributed by atoms with Crippen LogP contribution in [0.2, 0.25) is 0 Å². The van der Waals surface area contributed by atoms with Gasteiger partial charge in [0.15, 0.2) is 0 Å². The summed E-state index contributed by atoms with van der Waals surface area (Å²) in [6.07, 6.45) is 9.38. The Balaban J connectivity index is 1.25. The monoisotopic (exact) mass is 464 g/mol. The fourth-order valence-electron chi connectivity index (χ4n) is 7.14. The molecule has 178 valence electrons. The Morgan fingerprint density at radius 3 is 2.31 bits per heavy atom. The van der Waals surface area contributed by atoms with E-state index in [1.807, 2.05) is 0 Å². The topological polar surface area (TPSA) is 108 Å². The number of rotatable bonds is 6. The molecule has 0 aromatic heterocycles. The second-order valence-electron chi connectivity index (χ2n) is 11.4. The highest BCUT2D eigenvalue weighted by Crippen LogP contribution is 2.77. The third kappa shape index (κ3) is 2.96. The van der Waals surface area contributed by atoms with Crippen molar-refractivity contribution in [2.24, 2.45) is 22.2 Å². The van der Waals surface area contributed by atoms with Gasteiger partial charge in [0.25, 0.3) is 5.91 Å². The molecule has 0 aromatic carbocycles. The zero-order chi connectivity index (χ0) is 23.0. The van der Waals surface area contributed by atoms with Crippen molar-refractivity contribution in [1.82, 2.24) is 19.7 Å².